The van der Waals surface area contributed by atoms with Gasteiger partial charge in [-0.25, -0.2) is 0 Å². The zero-order chi connectivity index (χ0) is 12.1. The second-order valence-corrected chi connectivity index (χ2v) is 4.71. The Morgan fingerprint density at radius 1 is 1.38 bits per heavy atom. The number of hydrogen-bond donors (Lipinski definition) is 2. The molecule has 0 heterocycles. The van der Waals surface area contributed by atoms with E-state index < -0.39 is 0 Å². The van der Waals surface area contributed by atoms with E-state index in [0.29, 0.717) is 0 Å². The van der Waals surface area contributed by atoms with Gasteiger partial charge in [-0.2, -0.15) is 0 Å². The maximum Gasteiger partial charge on any atom is 0.237 e. The number of likely N-dealkylation sites (N-methyl/N-ethyl adjacent to an activating group) is 1. The minimum absolute atomic E-state index is 0.00924. The summed E-state index contributed by atoms with van der Waals surface area (Å²) in [6.07, 6.45) is 0. The quantitative estimate of drug-likeness (QED) is 0.890. The van der Waals surface area contributed by atoms with Gasteiger partial charge in [-0.05, 0) is 38.6 Å². The van der Waals surface area contributed by atoms with Crippen LogP contribution in [-0.4, -0.2) is 19.0 Å². The molecule has 0 spiro atoms. The fraction of sp³-hybridized carbons (Fsp3) is 0.417. The number of benzene rings is 1. The molecule has 3 nitrogen and oxygen atoms in total. The summed E-state index contributed by atoms with van der Waals surface area (Å²) in [5.41, 5.74) is 1.09. The fourth-order valence-electron chi connectivity index (χ4n) is 1.33. The van der Waals surface area contributed by atoms with E-state index in [2.05, 4.69) is 26.6 Å². The van der Waals surface area contributed by atoms with Gasteiger partial charge in [0, 0.05) is 4.47 Å². The molecule has 0 fully saturated rings. The number of nitrogens with one attached hydrogen (secondary N) is 2. The van der Waals surface area contributed by atoms with Gasteiger partial charge in [0.15, 0.2) is 0 Å². The van der Waals surface area contributed by atoms with Crippen LogP contribution < -0.4 is 10.6 Å². The average molecular weight is 285 g/mol. The lowest BCUT2D eigenvalue weighted by Gasteiger charge is -2.17. The number of carbonyl (C=O) groups is 1. The molecular formula is C12H17BrN2O. The number of carbonyl (C=O) groups excluding carboxylic acids is 1. The standard InChI is InChI=1S/C12H17BrN2O/c1-8(15-12(16)9(2)14-3)10-5-4-6-11(13)7-10/h4-9,14H,1-3H3,(H,15,16)/t8-,9?/m0/s1. The number of rotatable bonds is 4. The minimum atomic E-state index is -0.172. The first-order chi connectivity index (χ1) is 7.54. The van der Waals surface area contributed by atoms with E-state index >= 15 is 0 Å². The Bertz CT molecular complexity index is 368. The van der Waals surface area contributed by atoms with Crippen molar-refractivity contribution >= 4 is 21.8 Å². The highest BCUT2D eigenvalue weighted by molar-refractivity contribution is 9.10. The van der Waals surface area contributed by atoms with E-state index in [0.717, 1.165) is 10.0 Å². The van der Waals surface area contributed by atoms with Crippen LogP contribution in [0, 0.1) is 0 Å². The predicted molar refractivity (Wildman–Crippen MR) is 69.2 cm³/mol. The third-order valence-electron chi connectivity index (χ3n) is 2.53. The van der Waals surface area contributed by atoms with Crippen molar-refractivity contribution in [2.75, 3.05) is 7.05 Å². The summed E-state index contributed by atoms with van der Waals surface area (Å²) < 4.78 is 1.02. The summed E-state index contributed by atoms with van der Waals surface area (Å²) in [4.78, 5) is 11.7. The van der Waals surface area contributed by atoms with Crippen molar-refractivity contribution in [2.24, 2.45) is 0 Å². The van der Waals surface area contributed by atoms with Crippen molar-refractivity contribution in [3.63, 3.8) is 0 Å². The van der Waals surface area contributed by atoms with Crippen molar-refractivity contribution < 1.29 is 4.79 Å². The lowest BCUT2D eigenvalue weighted by atomic mass is 10.1. The van der Waals surface area contributed by atoms with Crippen LogP contribution in [-0.2, 0) is 4.79 Å². The van der Waals surface area contributed by atoms with Crippen LogP contribution >= 0.6 is 15.9 Å². The van der Waals surface area contributed by atoms with Gasteiger partial charge in [0.05, 0.1) is 12.1 Å². The minimum Gasteiger partial charge on any atom is -0.348 e. The van der Waals surface area contributed by atoms with Crippen molar-refractivity contribution in [3.05, 3.63) is 34.3 Å². The van der Waals surface area contributed by atoms with E-state index in [4.69, 9.17) is 0 Å². The van der Waals surface area contributed by atoms with Gasteiger partial charge < -0.3 is 10.6 Å². The summed E-state index contributed by atoms with van der Waals surface area (Å²) in [5, 5.41) is 5.86. The summed E-state index contributed by atoms with van der Waals surface area (Å²) >= 11 is 3.41. The molecule has 0 aliphatic rings. The van der Waals surface area contributed by atoms with Crippen molar-refractivity contribution in [1.29, 1.82) is 0 Å². The lowest BCUT2D eigenvalue weighted by molar-refractivity contribution is -0.123. The van der Waals surface area contributed by atoms with Gasteiger partial charge in [0.1, 0.15) is 0 Å². The Hall–Kier alpha value is -0.870. The molecule has 0 aliphatic carbocycles. The molecule has 1 aromatic carbocycles. The molecule has 0 radical (unpaired) electrons. The zero-order valence-corrected chi connectivity index (χ0v) is 11.3. The maximum atomic E-state index is 11.7. The molecule has 1 amide bonds. The molecule has 1 rings (SSSR count). The molecule has 4 heteroatoms. The zero-order valence-electron chi connectivity index (χ0n) is 9.75. The molecule has 1 aromatic rings. The molecule has 0 bridgehead atoms. The Balaban J connectivity index is 2.65. The first-order valence-electron chi connectivity index (χ1n) is 5.27. The van der Waals surface area contributed by atoms with E-state index in [9.17, 15) is 4.79 Å². The molecule has 1 unspecified atom stereocenters. The third-order valence-corrected chi connectivity index (χ3v) is 3.03. The Morgan fingerprint density at radius 3 is 2.62 bits per heavy atom. The molecule has 2 N–H and O–H groups in total. The molecular weight excluding hydrogens is 268 g/mol. The summed E-state index contributed by atoms with van der Waals surface area (Å²) in [6.45, 7) is 3.81. The molecule has 16 heavy (non-hydrogen) atoms. The Labute approximate surface area is 105 Å². The molecule has 2 atom stereocenters. The van der Waals surface area contributed by atoms with Gasteiger partial charge in [-0.3, -0.25) is 4.79 Å². The van der Waals surface area contributed by atoms with Crippen LogP contribution in [0.4, 0.5) is 0 Å². The van der Waals surface area contributed by atoms with Gasteiger partial charge >= 0.3 is 0 Å². The average Bonchev–Trinajstić information content (AvgIpc) is 2.27. The monoisotopic (exact) mass is 284 g/mol. The van der Waals surface area contributed by atoms with E-state index in [-0.39, 0.29) is 18.0 Å². The van der Waals surface area contributed by atoms with E-state index in [1.165, 1.54) is 0 Å². The predicted octanol–water partition coefficient (Wildman–Crippen LogP) is 2.23. The maximum absolute atomic E-state index is 11.7. The first kappa shape index (κ1) is 13.2. The van der Waals surface area contributed by atoms with Crippen LogP contribution in [0.1, 0.15) is 25.5 Å². The highest BCUT2D eigenvalue weighted by atomic mass is 79.9. The number of halogens is 1. The second-order valence-electron chi connectivity index (χ2n) is 3.80. The molecule has 0 aromatic heterocycles. The van der Waals surface area contributed by atoms with Crippen LogP contribution in [0.3, 0.4) is 0 Å². The first-order valence-corrected chi connectivity index (χ1v) is 6.07. The summed E-state index contributed by atoms with van der Waals surface area (Å²) in [7, 11) is 1.77. The lowest BCUT2D eigenvalue weighted by Crippen LogP contribution is -2.41. The topological polar surface area (TPSA) is 41.1 Å². The summed E-state index contributed by atoms with van der Waals surface area (Å²) in [5.74, 6) is 0.00924. The van der Waals surface area contributed by atoms with Crippen LogP contribution in [0.2, 0.25) is 0 Å². The van der Waals surface area contributed by atoms with Crippen molar-refractivity contribution in [3.8, 4) is 0 Å². The van der Waals surface area contributed by atoms with Gasteiger partial charge in [-0.1, -0.05) is 28.1 Å². The number of amides is 1. The molecule has 0 saturated carbocycles. The van der Waals surface area contributed by atoms with Gasteiger partial charge in [0.25, 0.3) is 0 Å². The molecule has 0 aliphatic heterocycles. The SMILES string of the molecule is CNC(C)C(=O)N[C@@H](C)c1cccc(Br)c1. The van der Waals surface area contributed by atoms with E-state index in [1.54, 1.807) is 7.05 Å². The highest BCUT2D eigenvalue weighted by Gasteiger charge is 2.14. The van der Waals surface area contributed by atoms with Crippen molar-refractivity contribution in [2.45, 2.75) is 25.9 Å². The smallest absolute Gasteiger partial charge is 0.237 e. The van der Waals surface area contributed by atoms with Crippen molar-refractivity contribution in [1.82, 2.24) is 10.6 Å². The highest BCUT2D eigenvalue weighted by Crippen LogP contribution is 2.17. The Morgan fingerprint density at radius 2 is 2.06 bits per heavy atom. The second kappa shape index (κ2) is 6.01. The van der Waals surface area contributed by atoms with E-state index in [1.807, 2.05) is 38.1 Å². The van der Waals surface area contributed by atoms with Crippen LogP contribution in [0.15, 0.2) is 28.7 Å². The van der Waals surface area contributed by atoms with Crippen LogP contribution in [0.5, 0.6) is 0 Å². The normalized spacial score (nSPS) is 14.2. The fourth-order valence-corrected chi connectivity index (χ4v) is 1.75. The third kappa shape index (κ3) is 3.61. The van der Waals surface area contributed by atoms with Gasteiger partial charge in [-0.15, -0.1) is 0 Å². The molecule has 0 saturated heterocycles. The largest absolute Gasteiger partial charge is 0.348 e. The van der Waals surface area contributed by atoms with Gasteiger partial charge in [0.2, 0.25) is 5.91 Å². The van der Waals surface area contributed by atoms with Crippen LogP contribution in [0.25, 0.3) is 0 Å². The molecule has 88 valence electrons. The summed E-state index contributed by atoms with van der Waals surface area (Å²) in [6, 6.07) is 7.78. The number of hydrogen-bond acceptors (Lipinski definition) is 2. The Kier molecular flexibility index (Phi) is 4.96.